The molecule has 72 valence electrons. The fourth-order valence-corrected chi connectivity index (χ4v) is 2.92. The zero-order valence-electron chi connectivity index (χ0n) is 8.24. The highest BCUT2D eigenvalue weighted by Gasteiger charge is 2.31. The van der Waals surface area contributed by atoms with E-state index in [1.54, 1.807) is 0 Å². The Hall–Kier alpha value is -1.24. The monoisotopic (exact) mass is 185 g/mol. The average molecular weight is 185 g/mol. The van der Waals surface area contributed by atoms with Gasteiger partial charge in [-0.1, -0.05) is 30.3 Å². The number of hydrogen-bond acceptors (Lipinski definition) is 1. The van der Waals surface area contributed by atoms with E-state index in [1.165, 1.54) is 24.0 Å². The first-order valence-corrected chi connectivity index (χ1v) is 5.38. The molecule has 0 unspecified atom stereocenters. The number of allylic oxidation sites excluding steroid dienone is 2. The summed E-state index contributed by atoms with van der Waals surface area (Å²) in [5, 5.41) is 0. The molecule has 0 fully saturated rings. The molecule has 0 amide bonds. The minimum absolute atomic E-state index is 0.611. The Bertz CT molecular complexity index is 392. The molecule has 0 aliphatic heterocycles. The van der Waals surface area contributed by atoms with E-state index < -0.39 is 0 Å². The Morgan fingerprint density at radius 3 is 3.00 bits per heavy atom. The topological polar surface area (TPSA) is 26.0 Å². The Labute approximate surface area is 84.6 Å². The minimum atomic E-state index is 0.611. The highest BCUT2D eigenvalue weighted by Crippen LogP contribution is 2.43. The lowest BCUT2D eigenvalue weighted by Gasteiger charge is -2.27. The summed E-state index contributed by atoms with van der Waals surface area (Å²) in [4.78, 5) is 0. The van der Waals surface area contributed by atoms with Gasteiger partial charge < -0.3 is 5.73 Å². The van der Waals surface area contributed by atoms with Crippen LogP contribution in [0.15, 0.2) is 36.0 Å². The summed E-state index contributed by atoms with van der Waals surface area (Å²) in [5.74, 6) is 1.39. The summed E-state index contributed by atoms with van der Waals surface area (Å²) in [5.41, 5.74) is 10.1. The maximum atomic E-state index is 5.91. The van der Waals surface area contributed by atoms with E-state index in [0.717, 1.165) is 18.0 Å². The van der Waals surface area contributed by atoms with Crippen LogP contribution in [-0.2, 0) is 6.42 Å². The van der Waals surface area contributed by atoms with Crippen molar-refractivity contribution < 1.29 is 0 Å². The predicted octanol–water partition coefficient (Wildman–Crippen LogP) is 2.58. The van der Waals surface area contributed by atoms with Gasteiger partial charge in [-0.2, -0.15) is 0 Å². The van der Waals surface area contributed by atoms with Crippen molar-refractivity contribution in [2.45, 2.75) is 25.2 Å². The molecule has 3 rings (SSSR count). The lowest BCUT2D eigenvalue weighted by atomic mass is 9.77. The van der Waals surface area contributed by atoms with Gasteiger partial charge in [0.15, 0.2) is 0 Å². The van der Waals surface area contributed by atoms with Crippen molar-refractivity contribution in [1.29, 1.82) is 0 Å². The quantitative estimate of drug-likeness (QED) is 0.660. The highest BCUT2D eigenvalue weighted by molar-refractivity contribution is 5.39. The molecule has 0 radical (unpaired) electrons. The van der Waals surface area contributed by atoms with Gasteiger partial charge >= 0.3 is 0 Å². The van der Waals surface area contributed by atoms with Crippen LogP contribution >= 0.6 is 0 Å². The van der Waals surface area contributed by atoms with Crippen molar-refractivity contribution in [2.24, 2.45) is 11.7 Å². The number of fused-ring (bicyclic) bond motifs is 3. The summed E-state index contributed by atoms with van der Waals surface area (Å²) in [6.07, 6.45) is 5.92. The van der Waals surface area contributed by atoms with Crippen LogP contribution < -0.4 is 5.73 Å². The third kappa shape index (κ3) is 1.08. The standard InChI is InChI=1S/C13H15N/c14-11-7-10-6-5-9-3-1-2-4-12(9)13(10)8-11/h1-4,8,10,13H,5-7,14H2/t10-,13+/m0/s1. The lowest BCUT2D eigenvalue weighted by Crippen LogP contribution is -2.15. The molecule has 2 atom stereocenters. The molecule has 0 saturated heterocycles. The normalized spacial score (nSPS) is 29.3. The van der Waals surface area contributed by atoms with Crippen LogP contribution in [0.1, 0.15) is 29.9 Å². The van der Waals surface area contributed by atoms with E-state index in [1.807, 2.05) is 0 Å². The van der Waals surface area contributed by atoms with Gasteiger partial charge in [-0.15, -0.1) is 0 Å². The number of nitrogens with two attached hydrogens (primary N) is 1. The molecular formula is C13H15N. The van der Waals surface area contributed by atoms with Gasteiger partial charge in [-0.3, -0.25) is 0 Å². The molecule has 0 heterocycles. The largest absolute Gasteiger partial charge is 0.402 e. The zero-order valence-corrected chi connectivity index (χ0v) is 8.24. The van der Waals surface area contributed by atoms with Crippen molar-refractivity contribution in [1.82, 2.24) is 0 Å². The second kappa shape index (κ2) is 2.88. The Morgan fingerprint density at radius 2 is 2.07 bits per heavy atom. The molecule has 2 N–H and O–H groups in total. The Morgan fingerprint density at radius 1 is 1.21 bits per heavy atom. The third-order valence-corrected chi connectivity index (χ3v) is 3.60. The van der Waals surface area contributed by atoms with Gasteiger partial charge in [0.2, 0.25) is 0 Å². The lowest BCUT2D eigenvalue weighted by molar-refractivity contribution is 0.440. The number of aryl methyl sites for hydroxylation is 1. The van der Waals surface area contributed by atoms with Gasteiger partial charge in [0, 0.05) is 11.6 Å². The fraction of sp³-hybridized carbons (Fsp3) is 0.385. The summed E-state index contributed by atoms with van der Waals surface area (Å²) < 4.78 is 0. The Balaban J connectivity index is 2.08. The first-order valence-electron chi connectivity index (χ1n) is 5.38. The maximum absolute atomic E-state index is 5.91. The summed E-state index contributed by atoms with van der Waals surface area (Å²) in [7, 11) is 0. The van der Waals surface area contributed by atoms with Crippen LogP contribution in [0.25, 0.3) is 0 Å². The molecule has 1 aromatic carbocycles. The molecule has 2 aliphatic rings. The summed E-state index contributed by atoms with van der Waals surface area (Å²) >= 11 is 0. The van der Waals surface area contributed by atoms with Crippen molar-refractivity contribution in [3.63, 3.8) is 0 Å². The van der Waals surface area contributed by atoms with E-state index in [0.29, 0.717) is 5.92 Å². The molecule has 0 saturated carbocycles. The first-order chi connectivity index (χ1) is 6.84. The van der Waals surface area contributed by atoms with Crippen molar-refractivity contribution in [2.75, 3.05) is 0 Å². The molecule has 14 heavy (non-hydrogen) atoms. The third-order valence-electron chi connectivity index (χ3n) is 3.60. The predicted molar refractivity (Wildman–Crippen MR) is 57.9 cm³/mol. The van der Waals surface area contributed by atoms with E-state index >= 15 is 0 Å². The van der Waals surface area contributed by atoms with Crippen molar-refractivity contribution in [3.8, 4) is 0 Å². The molecule has 1 nitrogen and oxygen atoms in total. The van der Waals surface area contributed by atoms with E-state index in [4.69, 9.17) is 5.73 Å². The number of hydrogen-bond donors (Lipinski definition) is 1. The van der Waals surface area contributed by atoms with Crippen LogP contribution in [0.5, 0.6) is 0 Å². The van der Waals surface area contributed by atoms with Gasteiger partial charge in [0.1, 0.15) is 0 Å². The molecular weight excluding hydrogens is 170 g/mol. The molecule has 0 aromatic heterocycles. The van der Waals surface area contributed by atoms with Crippen LogP contribution in [0.3, 0.4) is 0 Å². The fourth-order valence-electron chi connectivity index (χ4n) is 2.92. The van der Waals surface area contributed by atoms with Gasteiger partial charge in [-0.05, 0) is 36.3 Å². The van der Waals surface area contributed by atoms with Crippen molar-refractivity contribution >= 4 is 0 Å². The Kier molecular flexibility index (Phi) is 1.66. The van der Waals surface area contributed by atoms with E-state index in [-0.39, 0.29) is 0 Å². The SMILES string of the molecule is NC1=C[C@H]2c3ccccc3CC[C@H]2C1. The molecule has 0 spiro atoms. The smallest absolute Gasteiger partial charge is 0.00727 e. The number of benzene rings is 1. The van der Waals surface area contributed by atoms with Crippen LogP contribution in [-0.4, -0.2) is 0 Å². The van der Waals surface area contributed by atoms with Crippen LogP contribution in [0, 0.1) is 5.92 Å². The molecule has 2 aliphatic carbocycles. The van der Waals surface area contributed by atoms with Crippen molar-refractivity contribution in [3.05, 3.63) is 47.2 Å². The van der Waals surface area contributed by atoms with Gasteiger partial charge in [-0.25, -0.2) is 0 Å². The molecule has 1 heteroatoms. The first kappa shape index (κ1) is 8.10. The summed E-state index contributed by atoms with van der Waals surface area (Å²) in [6, 6.07) is 8.81. The number of rotatable bonds is 0. The van der Waals surface area contributed by atoms with Crippen LogP contribution in [0.4, 0.5) is 0 Å². The second-order valence-corrected chi connectivity index (χ2v) is 4.47. The van der Waals surface area contributed by atoms with E-state index in [2.05, 4.69) is 30.3 Å². The van der Waals surface area contributed by atoms with E-state index in [9.17, 15) is 0 Å². The average Bonchev–Trinajstić information content (AvgIpc) is 2.59. The minimum Gasteiger partial charge on any atom is -0.402 e. The molecule has 1 aromatic rings. The summed E-state index contributed by atoms with van der Waals surface area (Å²) in [6.45, 7) is 0. The highest BCUT2D eigenvalue weighted by atomic mass is 14.6. The molecule has 0 bridgehead atoms. The van der Waals surface area contributed by atoms with Gasteiger partial charge in [0.25, 0.3) is 0 Å². The maximum Gasteiger partial charge on any atom is 0.00727 e. The zero-order chi connectivity index (χ0) is 9.54. The van der Waals surface area contributed by atoms with Gasteiger partial charge in [0.05, 0.1) is 0 Å². The second-order valence-electron chi connectivity index (χ2n) is 4.47. The van der Waals surface area contributed by atoms with Crippen LogP contribution in [0.2, 0.25) is 0 Å².